The van der Waals surface area contributed by atoms with Gasteiger partial charge in [0.25, 0.3) is 0 Å². The molecule has 6 atom stereocenters. The smallest absolute Gasteiger partial charge is 0.0989 e. The van der Waals surface area contributed by atoms with E-state index < -0.39 is 0 Å². The molecule has 2 fully saturated rings. The molecular formula is C9H21N6O2P-2. The molecule has 0 spiro atoms. The minimum atomic E-state index is -0.331. The van der Waals surface area contributed by atoms with Gasteiger partial charge in [0.1, 0.15) is 0 Å². The Balaban J connectivity index is 1.95. The SMILES string of the molecule is [NH-]N([NH-])N(O)OC1CC2CC(NP)CC(C2)C1N. The zero-order valence-electron chi connectivity index (χ0n) is 10.1. The predicted molar refractivity (Wildman–Crippen MR) is 69.0 cm³/mol. The Hall–Kier alpha value is 0.110. The van der Waals surface area contributed by atoms with Crippen molar-refractivity contribution < 1.29 is 10.0 Å². The normalized spacial score (nSPS) is 40.5. The van der Waals surface area contributed by atoms with E-state index in [2.05, 4.69) is 14.5 Å². The summed E-state index contributed by atoms with van der Waals surface area (Å²) in [4.78, 5) is 5.16. The molecule has 2 aliphatic carbocycles. The predicted octanol–water partition coefficient (Wildman–Crippen LogP) is 1.02. The molecule has 9 heteroatoms. The van der Waals surface area contributed by atoms with Crippen molar-refractivity contribution in [2.24, 2.45) is 17.6 Å². The topological polar surface area (TPSA) is 122 Å². The van der Waals surface area contributed by atoms with E-state index >= 15 is 0 Å². The number of fused-ring (bicyclic) bond motifs is 2. The highest BCUT2D eigenvalue weighted by atomic mass is 31.0. The first kappa shape index (κ1) is 14.5. The van der Waals surface area contributed by atoms with Crippen molar-refractivity contribution >= 4 is 9.39 Å². The maximum Gasteiger partial charge on any atom is 0.0989 e. The summed E-state index contributed by atoms with van der Waals surface area (Å²) in [6, 6.07) is 0.303. The molecule has 0 heterocycles. The molecule has 0 saturated heterocycles. The van der Waals surface area contributed by atoms with Gasteiger partial charge in [-0.25, -0.2) is 0 Å². The van der Waals surface area contributed by atoms with Gasteiger partial charge in [-0.15, -0.1) is 0 Å². The van der Waals surface area contributed by atoms with Crippen molar-refractivity contribution in [3.05, 3.63) is 11.7 Å². The lowest BCUT2D eigenvalue weighted by Crippen LogP contribution is -2.55. The van der Waals surface area contributed by atoms with Crippen molar-refractivity contribution in [2.45, 2.75) is 43.9 Å². The van der Waals surface area contributed by atoms with E-state index in [1.165, 1.54) is 0 Å². The van der Waals surface area contributed by atoms with Crippen LogP contribution >= 0.6 is 9.39 Å². The van der Waals surface area contributed by atoms with Crippen LogP contribution in [0.15, 0.2) is 0 Å². The molecule has 0 amide bonds. The van der Waals surface area contributed by atoms with E-state index in [0.717, 1.165) is 25.7 Å². The molecule has 106 valence electrons. The van der Waals surface area contributed by atoms with Gasteiger partial charge in [0, 0.05) is 12.1 Å². The quantitative estimate of drug-likeness (QED) is 0.520. The summed E-state index contributed by atoms with van der Waals surface area (Å²) in [5.74, 6) is 14.7. The fourth-order valence-corrected chi connectivity index (χ4v) is 3.47. The third-order valence-corrected chi connectivity index (χ3v) is 4.49. The lowest BCUT2D eigenvalue weighted by Gasteiger charge is -2.48. The lowest BCUT2D eigenvalue weighted by atomic mass is 9.67. The maximum absolute atomic E-state index is 9.25. The van der Waals surface area contributed by atoms with Gasteiger partial charge in [-0.3, -0.25) is 15.1 Å². The lowest BCUT2D eigenvalue weighted by molar-refractivity contribution is -0.439. The fourth-order valence-electron chi connectivity index (χ4n) is 3.20. The Morgan fingerprint density at radius 3 is 2.61 bits per heavy atom. The zero-order chi connectivity index (χ0) is 13.3. The van der Waals surface area contributed by atoms with E-state index in [9.17, 15) is 5.21 Å². The maximum atomic E-state index is 9.25. The second kappa shape index (κ2) is 6.04. The molecule has 0 aromatic rings. The number of nitrogens with zero attached hydrogens (tertiary/aromatic N) is 2. The van der Waals surface area contributed by atoms with Gasteiger partial charge in [-0.1, -0.05) is 9.39 Å². The van der Waals surface area contributed by atoms with Gasteiger partial charge in [0.05, 0.1) is 6.10 Å². The molecule has 0 aliphatic heterocycles. The van der Waals surface area contributed by atoms with Crippen molar-refractivity contribution in [1.29, 1.82) is 0 Å². The summed E-state index contributed by atoms with van der Waals surface area (Å²) < 4.78 is 0. The number of nitrogens with one attached hydrogen (secondary N) is 3. The van der Waals surface area contributed by atoms with Crippen LogP contribution in [-0.4, -0.2) is 34.0 Å². The number of nitrogens with two attached hydrogens (primary N) is 1. The van der Waals surface area contributed by atoms with Gasteiger partial charge in [0.15, 0.2) is 0 Å². The van der Waals surface area contributed by atoms with Gasteiger partial charge in [-0.2, -0.15) is 0 Å². The monoisotopic (exact) mass is 276 g/mol. The third-order valence-electron chi connectivity index (χ3n) is 4.02. The van der Waals surface area contributed by atoms with Crippen LogP contribution in [0.4, 0.5) is 0 Å². The average Bonchev–Trinajstić information content (AvgIpc) is 2.35. The van der Waals surface area contributed by atoms with E-state index in [0.29, 0.717) is 17.9 Å². The Bertz CT molecular complexity index is 282. The second-order valence-electron chi connectivity index (χ2n) is 5.22. The molecule has 2 rings (SSSR count). The summed E-state index contributed by atoms with van der Waals surface area (Å²) in [6.07, 6.45) is 3.59. The third kappa shape index (κ3) is 3.16. The van der Waals surface area contributed by atoms with E-state index in [1.54, 1.807) is 0 Å². The van der Waals surface area contributed by atoms with Crippen molar-refractivity contribution in [1.82, 2.24) is 15.6 Å². The zero-order valence-corrected chi connectivity index (χ0v) is 11.3. The summed E-state index contributed by atoms with van der Waals surface area (Å²) in [6.45, 7) is 0. The van der Waals surface area contributed by atoms with Crippen LogP contribution in [0.1, 0.15) is 25.7 Å². The minimum absolute atomic E-state index is 0.00977. The largest absolute Gasteiger partial charge is 0.611 e. The molecule has 0 radical (unpaired) electrons. The molecule has 2 bridgehead atoms. The van der Waals surface area contributed by atoms with Gasteiger partial charge in [0.2, 0.25) is 0 Å². The molecule has 18 heavy (non-hydrogen) atoms. The molecular weight excluding hydrogens is 255 g/mol. The van der Waals surface area contributed by atoms with Gasteiger partial charge in [-0.05, 0) is 42.9 Å². The van der Waals surface area contributed by atoms with Crippen molar-refractivity contribution in [3.63, 3.8) is 0 Å². The van der Waals surface area contributed by atoms with Crippen LogP contribution in [0.2, 0.25) is 0 Å². The van der Waals surface area contributed by atoms with Crippen LogP contribution in [0.25, 0.3) is 11.7 Å². The molecule has 6 unspecified atom stereocenters. The first-order chi connectivity index (χ1) is 8.51. The Morgan fingerprint density at radius 1 is 1.28 bits per heavy atom. The Kier molecular flexibility index (Phi) is 4.87. The van der Waals surface area contributed by atoms with Crippen LogP contribution in [0.3, 0.4) is 0 Å². The highest BCUT2D eigenvalue weighted by Crippen LogP contribution is 2.40. The van der Waals surface area contributed by atoms with Crippen LogP contribution in [0.5, 0.6) is 0 Å². The second-order valence-corrected chi connectivity index (χ2v) is 5.55. The van der Waals surface area contributed by atoms with Gasteiger partial charge < -0.3 is 22.6 Å². The summed E-state index contributed by atoms with van der Waals surface area (Å²) in [5.41, 5.74) is 6.16. The number of hydrogen-bond donors (Lipinski definition) is 3. The first-order valence-electron chi connectivity index (χ1n) is 6.11. The van der Waals surface area contributed by atoms with Crippen molar-refractivity contribution in [3.8, 4) is 0 Å². The van der Waals surface area contributed by atoms with Crippen LogP contribution in [0, 0.1) is 11.8 Å². The molecule has 0 aromatic heterocycles. The van der Waals surface area contributed by atoms with Crippen LogP contribution < -0.4 is 10.8 Å². The number of hydrogen-bond acceptors (Lipinski definition) is 6. The minimum Gasteiger partial charge on any atom is -0.611 e. The fraction of sp³-hybridized carbons (Fsp3) is 1.00. The summed E-state index contributed by atoms with van der Waals surface area (Å²) in [7, 11) is 2.56. The highest BCUT2D eigenvalue weighted by molar-refractivity contribution is 7.13. The molecule has 0 aromatic carbocycles. The van der Waals surface area contributed by atoms with Gasteiger partial charge >= 0.3 is 0 Å². The molecule has 8 nitrogen and oxygen atoms in total. The van der Waals surface area contributed by atoms with E-state index in [-0.39, 0.29) is 22.7 Å². The van der Waals surface area contributed by atoms with Crippen molar-refractivity contribution in [2.75, 3.05) is 0 Å². The summed E-state index contributed by atoms with van der Waals surface area (Å²) in [5, 5.41) is 12.6. The highest BCUT2D eigenvalue weighted by Gasteiger charge is 2.42. The van der Waals surface area contributed by atoms with Crippen LogP contribution in [-0.2, 0) is 4.84 Å². The Morgan fingerprint density at radius 2 is 2.00 bits per heavy atom. The average molecular weight is 276 g/mol. The molecule has 6 N–H and O–H groups in total. The first-order valence-corrected chi connectivity index (χ1v) is 6.69. The number of rotatable bonds is 4. The number of hydrazine groups is 1. The van der Waals surface area contributed by atoms with E-state index in [4.69, 9.17) is 22.3 Å². The molecule has 2 saturated carbocycles. The molecule has 2 aliphatic rings. The Labute approximate surface area is 109 Å². The standard InChI is InChI=1S/C9H21N6O2P/c10-9-6-1-5(2-7(4-6)13-18)3-8(9)17-15(16)14(11)12/h5-9,11-13,16H,1-4,10,18H2/q-2. The van der Waals surface area contributed by atoms with E-state index in [1.807, 2.05) is 0 Å². The summed E-state index contributed by atoms with van der Waals surface area (Å²) >= 11 is 0.